The van der Waals surface area contributed by atoms with Gasteiger partial charge in [-0.25, -0.2) is 13.1 Å². The van der Waals surface area contributed by atoms with E-state index in [1.165, 1.54) is 6.07 Å². The first kappa shape index (κ1) is 16.4. The van der Waals surface area contributed by atoms with Crippen LogP contribution in [-0.4, -0.2) is 32.1 Å². The van der Waals surface area contributed by atoms with Gasteiger partial charge in [-0.05, 0) is 40.0 Å². The molecule has 0 bridgehead atoms. The third-order valence-electron chi connectivity index (χ3n) is 3.20. The first-order valence-electron chi connectivity index (χ1n) is 6.63. The van der Waals surface area contributed by atoms with E-state index in [9.17, 15) is 18.3 Å². The lowest BCUT2D eigenvalue weighted by Gasteiger charge is -2.13. The maximum absolute atomic E-state index is 12.3. The highest BCUT2D eigenvalue weighted by atomic mass is 79.9. The lowest BCUT2D eigenvalue weighted by Crippen LogP contribution is -2.32. The van der Waals surface area contributed by atoms with E-state index in [2.05, 4.69) is 26.0 Å². The Morgan fingerprint density at radius 2 is 2.19 bits per heavy atom. The van der Waals surface area contributed by atoms with Crippen LogP contribution in [0.5, 0.6) is 0 Å². The Morgan fingerprint density at radius 1 is 1.48 bits per heavy atom. The Bertz CT molecular complexity index is 660. The number of rotatable bonds is 6. The summed E-state index contributed by atoms with van der Waals surface area (Å²) in [6.45, 7) is 1.88. The average Bonchev–Trinajstić information content (AvgIpc) is 2.75. The first-order valence-corrected chi connectivity index (χ1v) is 8.91. The van der Waals surface area contributed by atoms with Crippen LogP contribution in [0.3, 0.4) is 0 Å². The standard InChI is InChI=1S/C13H17BrN2O4S/c1-2-3-9(17)7-15-21(19,20)12-4-8-5-13(18)16-11(8)6-10(12)14/h4,6,9,15,17H,2-3,5,7H2,1H3,(H,16,18). The monoisotopic (exact) mass is 376 g/mol. The van der Waals surface area contributed by atoms with Crippen LogP contribution < -0.4 is 10.0 Å². The summed E-state index contributed by atoms with van der Waals surface area (Å²) in [7, 11) is -3.74. The highest BCUT2D eigenvalue weighted by Crippen LogP contribution is 2.32. The number of amides is 1. The second-order valence-corrected chi connectivity index (χ2v) is 7.55. The minimum atomic E-state index is -3.74. The van der Waals surface area contributed by atoms with E-state index in [0.29, 0.717) is 22.1 Å². The van der Waals surface area contributed by atoms with E-state index in [1.54, 1.807) is 6.07 Å². The number of fused-ring (bicyclic) bond motifs is 1. The SMILES string of the molecule is CCCC(O)CNS(=O)(=O)c1cc2c(cc1Br)NC(=O)C2. The van der Waals surface area contributed by atoms with Gasteiger partial charge < -0.3 is 10.4 Å². The fraction of sp³-hybridized carbons (Fsp3) is 0.462. The molecule has 6 nitrogen and oxygen atoms in total. The number of sulfonamides is 1. The predicted octanol–water partition coefficient (Wildman–Crippen LogP) is 1.38. The van der Waals surface area contributed by atoms with Crippen molar-refractivity contribution in [2.24, 2.45) is 0 Å². The zero-order chi connectivity index (χ0) is 15.6. The molecule has 1 aromatic rings. The molecule has 0 saturated heterocycles. The number of hydrogen-bond acceptors (Lipinski definition) is 4. The fourth-order valence-electron chi connectivity index (χ4n) is 2.15. The molecule has 2 rings (SSSR count). The molecule has 0 aromatic heterocycles. The van der Waals surface area contributed by atoms with Gasteiger partial charge in [-0.15, -0.1) is 0 Å². The summed E-state index contributed by atoms with van der Waals surface area (Å²) in [5.41, 5.74) is 1.27. The van der Waals surface area contributed by atoms with Crippen molar-refractivity contribution in [3.8, 4) is 0 Å². The van der Waals surface area contributed by atoms with E-state index in [1.807, 2.05) is 6.92 Å². The number of carbonyl (C=O) groups is 1. The normalized spacial score (nSPS) is 15.7. The molecule has 0 aliphatic carbocycles. The van der Waals surface area contributed by atoms with E-state index in [0.717, 1.165) is 6.42 Å². The number of nitrogens with one attached hydrogen (secondary N) is 2. The number of anilines is 1. The van der Waals surface area contributed by atoms with Gasteiger partial charge in [-0.3, -0.25) is 4.79 Å². The van der Waals surface area contributed by atoms with Crippen LogP contribution in [0.25, 0.3) is 0 Å². The van der Waals surface area contributed by atoms with E-state index >= 15 is 0 Å². The average molecular weight is 377 g/mol. The summed E-state index contributed by atoms with van der Waals surface area (Å²) in [5.74, 6) is -0.155. The Hall–Kier alpha value is -0.960. The van der Waals surface area contributed by atoms with Crippen LogP contribution in [0.4, 0.5) is 5.69 Å². The third kappa shape index (κ3) is 3.82. The van der Waals surface area contributed by atoms with Crippen LogP contribution in [-0.2, 0) is 21.2 Å². The van der Waals surface area contributed by atoms with Crippen molar-refractivity contribution >= 4 is 37.5 Å². The van der Waals surface area contributed by atoms with Crippen molar-refractivity contribution in [3.05, 3.63) is 22.2 Å². The third-order valence-corrected chi connectivity index (χ3v) is 5.59. The molecule has 1 atom stereocenters. The molecule has 116 valence electrons. The van der Waals surface area contributed by atoms with E-state index in [4.69, 9.17) is 0 Å². The van der Waals surface area contributed by atoms with Gasteiger partial charge >= 0.3 is 0 Å². The minimum Gasteiger partial charge on any atom is -0.392 e. The molecule has 0 spiro atoms. The minimum absolute atomic E-state index is 0.0309. The maximum atomic E-state index is 12.3. The van der Waals surface area contributed by atoms with Crippen LogP contribution in [0.15, 0.2) is 21.5 Å². The largest absolute Gasteiger partial charge is 0.392 e. The number of aliphatic hydroxyl groups is 1. The summed E-state index contributed by atoms with van der Waals surface area (Å²) in [5, 5.41) is 12.3. The molecule has 21 heavy (non-hydrogen) atoms. The zero-order valence-corrected chi connectivity index (χ0v) is 13.9. The van der Waals surface area contributed by atoms with Crippen molar-refractivity contribution in [1.29, 1.82) is 0 Å². The molecule has 1 unspecified atom stereocenters. The molecule has 8 heteroatoms. The lowest BCUT2D eigenvalue weighted by atomic mass is 10.2. The van der Waals surface area contributed by atoms with Gasteiger partial charge in [0.15, 0.2) is 0 Å². The smallest absolute Gasteiger partial charge is 0.241 e. The Labute approximate surface area is 132 Å². The van der Waals surface area contributed by atoms with E-state index < -0.39 is 16.1 Å². The van der Waals surface area contributed by atoms with Gasteiger partial charge in [0, 0.05) is 16.7 Å². The quantitative estimate of drug-likeness (QED) is 0.698. The number of hydrogen-bond donors (Lipinski definition) is 3. The molecular formula is C13H17BrN2O4S. The summed E-state index contributed by atoms with van der Waals surface area (Å²) < 4.78 is 27.3. The van der Waals surface area contributed by atoms with Crippen LogP contribution in [0.2, 0.25) is 0 Å². The predicted molar refractivity (Wildman–Crippen MR) is 82.6 cm³/mol. The van der Waals surface area contributed by atoms with Crippen molar-refractivity contribution in [2.45, 2.75) is 37.2 Å². The van der Waals surface area contributed by atoms with Gasteiger partial charge in [-0.1, -0.05) is 13.3 Å². The number of halogens is 1. The lowest BCUT2D eigenvalue weighted by molar-refractivity contribution is -0.115. The number of carbonyl (C=O) groups excluding carboxylic acids is 1. The highest BCUT2D eigenvalue weighted by Gasteiger charge is 2.25. The highest BCUT2D eigenvalue weighted by molar-refractivity contribution is 9.10. The Kier molecular flexibility index (Phi) is 5.03. The molecule has 0 saturated carbocycles. The summed E-state index contributed by atoms with van der Waals surface area (Å²) in [4.78, 5) is 11.4. The van der Waals surface area contributed by atoms with Crippen LogP contribution in [0.1, 0.15) is 25.3 Å². The second kappa shape index (κ2) is 6.43. The van der Waals surface area contributed by atoms with Crippen molar-refractivity contribution in [2.75, 3.05) is 11.9 Å². The topological polar surface area (TPSA) is 95.5 Å². The van der Waals surface area contributed by atoms with Crippen LogP contribution >= 0.6 is 15.9 Å². The van der Waals surface area contributed by atoms with Gasteiger partial charge in [-0.2, -0.15) is 0 Å². The molecule has 1 aliphatic rings. The summed E-state index contributed by atoms with van der Waals surface area (Å²) in [6.07, 6.45) is 0.774. The maximum Gasteiger partial charge on any atom is 0.241 e. The molecular weight excluding hydrogens is 360 g/mol. The van der Waals surface area contributed by atoms with Gasteiger partial charge in [0.2, 0.25) is 15.9 Å². The molecule has 1 amide bonds. The van der Waals surface area contributed by atoms with Gasteiger partial charge in [0.1, 0.15) is 0 Å². The molecule has 0 fully saturated rings. The molecule has 1 heterocycles. The fourth-order valence-corrected chi connectivity index (χ4v) is 4.31. The van der Waals surface area contributed by atoms with Gasteiger partial charge in [0.25, 0.3) is 0 Å². The molecule has 0 radical (unpaired) electrons. The zero-order valence-electron chi connectivity index (χ0n) is 11.5. The van der Waals surface area contributed by atoms with Crippen molar-refractivity contribution in [1.82, 2.24) is 4.72 Å². The number of benzene rings is 1. The molecule has 1 aliphatic heterocycles. The van der Waals surface area contributed by atoms with Crippen LogP contribution in [0, 0.1) is 0 Å². The summed E-state index contributed by atoms with van der Waals surface area (Å²) in [6, 6.07) is 3.06. The summed E-state index contributed by atoms with van der Waals surface area (Å²) >= 11 is 3.21. The Morgan fingerprint density at radius 3 is 2.86 bits per heavy atom. The van der Waals surface area contributed by atoms with Crippen molar-refractivity contribution < 1.29 is 18.3 Å². The van der Waals surface area contributed by atoms with Crippen molar-refractivity contribution in [3.63, 3.8) is 0 Å². The second-order valence-electron chi connectivity index (χ2n) is 4.96. The molecule has 1 aromatic carbocycles. The van der Waals surface area contributed by atoms with E-state index in [-0.39, 0.29) is 23.8 Å². The number of aliphatic hydroxyl groups excluding tert-OH is 1. The first-order chi connectivity index (χ1) is 9.83. The van der Waals surface area contributed by atoms with Gasteiger partial charge in [0.05, 0.1) is 17.4 Å². The molecule has 3 N–H and O–H groups in total. The Balaban J connectivity index is 2.21.